The van der Waals surface area contributed by atoms with Crippen molar-refractivity contribution >= 4 is 17.0 Å². The molecule has 2 heterocycles. The normalized spacial score (nSPS) is 10.8. The average molecular weight is 225 g/mol. The smallest absolute Gasteiger partial charge is 0.182 e. The zero-order valence-electron chi connectivity index (χ0n) is 9.04. The highest BCUT2D eigenvalue weighted by molar-refractivity contribution is 5.62. The summed E-state index contributed by atoms with van der Waals surface area (Å²) in [6.45, 7) is 0. The topological polar surface area (TPSA) is 82.2 Å². The monoisotopic (exact) mass is 225 g/mol. The molecule has 0 atom stereocenters. The van der Waals surface area contributed by atoms with E-state index >= 15 is 0 Å². The van der Waals surface area contributed by atoms with E-state index in [1.807, 2.05) is 24.3 Å². The van der Waals surface area contributed by atoms with E-state index in [1.54, 1.807) is 22.8 Å². The molecule has 0 bridgehead atoms. The molecule has 84 valence electrons. The number of pyridine rings is 1. The summed E-state index contributed by atoms with van der Waals surface area (Å²) >= 11 is 0. The van der Waals surface area contributed by atoms with Crippen LogP contribution in [-0.2, 0) is 0 Å². The summed E-state index contributed by atoms with van der Waals surface area (Å²) in [7, 11) is 0. The van der Waals surface area contributed by atoms with Crippen molar-refractivity contribution in [2.45, 2.75) is 0 Å². The lowest BCUT2D eigenvalue weighted by Crippen LogP contribution is -1.90. The van der Waals surface area contributed by atoms with Crippen molar-refractivity contribution in [2.24, 2.45) is 0 Å². The zero-order chi connectivity index (χ0) is 11.8. The Morgan fingerprint density at radius 3 is 2.47 bits per heavy atom. The Bertz CT molecular complexity index is 669. The van der Waals surface area contributed by atoms with Crippen molar-refractivity contribution < 1.29 is 0 Å². The lowest BCUT2D eigenvalue weighted by atomic mass is 10.2. The van der Waals surface area contributed by atoms with Gasteiger partial charge >= 0.3 is 0 Å². The highest BCUT2D eigenvalue weighted by Gasteiger charge is 2.05. The highest BCUT2D eigenvalue weighted by Crippen LogP contribution is 2.18. The Hall–Kier alpha value is -2.56. The molecule has 0 fully saturated rings. The molecule has 0 radical (unpaired) electrons. The van der Waals surface area contributed by atoms with Gasteiger partial charge in [0.25, 0.3) is 0 Å². The summed E-state index contributed by atoms with van der Waals surface area (Å²) in [6, 6.07) is 11.0. The van der Waals surface area contributed by atoms with Gasteiger partial charge in [0.05, 0.1) is 0 Å². The SMILES string of the molecule is Nc1ccc(-c2nc3cc(N)ccn3n2)cc1. The molecule has 1 aromatic carbocycles. The maximum atomic E-state index is 5.69. The van der Waals surface area contributed by atoms with Crippen LogP contribution in [0.25, 0.3) is 17.0 Å². The van der Waals surface area contributed by atoms with Crippen LogP contribution < -0.4 is 11.5 Å². The van der Waals surface area contributed by atoms with Gasteiger partial charge in [-0.15, -0.1) is 5.10 Å². The van der Waals surface area contributed by atoms with Crippen LogP contribution in [0.4, 0.5) is 11.4 Å². The zero-order valence-corrected chi connectivity index (χ0v) is 9.04. The van der Waals surface area contributed by atoms with Gasteiger partial charge in [-0.05, 0) is 30.3 Å². The van der Waals surface area contributed by atoms with Gasteiger partial charge in [-0.1, -0.05) is 0 Å². The molecule has 0 aliphatic carbocycles. The third kappa shape index (κ3) is 1.67. The summed E-state index contributed by atoms with van der Waals surface area (Å²) in [5.74, 6) is 0.663. The summed E-state index contributed by atoms with van der Waals surface area (Å²) < 4.78 is 1.70. The van der Waals surface area contributed by atoms with E-state index in [-0.39, 0.29) is 0 Å². The van der Waals surface area contributed by atoms with Crippen molar-refractivity contribution in [1.82, 2.24) is 14.6 Å². The molecule has 0 saturated carbocycles. The average Bonchev–Trinajstić information content (AvgIpc) is 2.72. The van der Waals surface area contributed by atoms with E-state index in [4.69, 9.17) is 11.5 Å². The Balaban J connectivity index is 2.14. The third-order valence-electron chi connectivity index (χ3n) is 2.53. The van der Waals surface area contributed by atoms with Crippen LogP contribution in [0.15, 0.2) is 42.6 Å². The second kappa shape index (κ2) is 3.48. The second-order valence-electron chi connectivity index (χ2n) is 3.82. The van der Waals surface area contributed by atoms with E-state index in [0.717, 1.165) is 16.9 Å². The van der Waals surface area contributed by atoms with Gasteiger partial charge in [-0.2, -0.15) is 0 Å². The molecular weight excluding hydrogens is 214 g/mol. The van der Waals surface area contributed by atoms with Gasteiger partial charge in [-0.25, -0.2) is 9.50 Å². The van der Waals surface area contributed by atoms with Crippen molar-refractivity contribution in [3.8, 4) is 11.4 Å². The number of nitrogens with two attached hydrogens (primary N) is 2. The van der Waals surface area contributed by atoms with E-state index in [1.165, 1.54) is 0 Å². The minimum atomic E-state index is 0.663. The Morgan fingerprint density at radius 2 is 1.71 bits per heavy atom. The molecule has 0 spiro atoms. The third-order valence-corrected chi connectivity index (χ3v) is 2.53. The Morgan fingerprint density at radius 1 is 0.941 bits per heavy atom. The van der Waals surface area contributed by atoms with Gasteiger partial charge in [0.15, 0.2) is 11.5 Å². The molecule has 17 heavy (non-hydrogen) atoms. The minimum absolute atomic E-state index is 0.663. The fourth-order valence-electron chi connectivity index (χ4n) is 1.65. The first kappa shape index (κ1) is 9.65. The Labute approximate surface area is 97.7 Å². The first-order chi connectivity index (χ1) is 8.22. The Kier molecular flexibility index (Phi) is 1.98. The number of rotatable bonds is 1. The standard InChI is InChI=1S/C12H11N5/c13-9-3-1-8(2-4-9)12-15-11-7-10(14)5-6-17(11)16-12/h1-7H,13-14H2. The van der Waals surface area contributed by atoms with Gasteiger partial charge in [0.1, 0.15) is 0 Å². The van der Waals surface area contributed by atoms with Crippen LogP contribution in [0.2, 0.25) is 0 Å². The first-order valence-electron chi connectivity index (χ1n) is 5.20. The van der Waals surface area contributed by atoms with Crippen molar-refractivity contribution in [3.63, 3.8) is 0 Å². The van der Waals surface area contributed by atoms with Gasteiger partial charge in [0.2, 0.25) is 0 Å². The molecule has 3 rings (SSSR count). The minimum Gasteiger partial charge on any atom is -0.399 e. The predicted octanol–water partition coefficient (Wildman–Crippen LogP) is 1.56. The van der Waals surface area contributed by atoms with Gasteiger partial charge < -0.3 is 11.5 Å². The van der Waals surface area contributed by atoms with E-state index < -0.39 is 0 Å². The van der Waals surface area contributed by atoms with Crippen LogP contribution in [0.3, 0.4) is 0 Å². The number of hydrogen-bond acceptors (Lipinski definition) is 4. The van der Waals surface area contributed by atoms with Crippen LogP contribution in [0, 0.1) is 0 Å². The number of anilines is 2. The molecule has 0 aliphatic heterocycles. The number of fused-ring (bicyclic) bond motifs is 1. The van der Waals surface area contributed by atoms with Crippen molar-refractivity contribution in [2.75, 3.05) is 11.5 Å². The molecule has 4 N–H and O–H groups in total. The maximum Gasteiger partial charge on any atom is 0.182 e. The second-order valence-corrected chi connectivity index (χ2v) is 3.82. The molecule has 0 amide bonds. The van der Waals surface area contributed by atoms with E-state index in [9.17, 15) is 0 Å². The first-order valence-corrected chi connectivity index (χ1v) is 5.20. The molecule has 0 aliphatic rings. The summed E-state index contributed by atoms with van der Waals surface area (Å²) in [6.07, 6.45) is 1.79. The largest absolute Gasteiger partial charge is 0.399 e. The highest BCUT2D eigenvalue weighted by atomic mass is 15.3. The summed E-state index contributed by atoms with van der Waals surface area (Å²) in [5, 5.41) is 4.36. The van der Waals surface area contributed by atoms with Crippen molar-refractivity contribution in [3.05, 3.63) is 42.6 Å². The van der Waals surface area contributed by atoms with Gasteiger partial charge in [0, 0.05) is 29.2 Å². The van der Waals surface area contributed by atoms with Crippen LogP contribution in [0.5, 0.6) is 0 Å². The van der Waals surface area contributed by atoms with Crippen LogP contribution >= 0.6 is 0 Å². The molecule has 5 heteroatoms. The summed E-state index contributed by atoms with van der Waals surface area (Å²) in [5.41, 5.74) is 14.4. The molecule has 0 unspecified atom stereocenters. The molecule has 0 saturated heterocycles. The van der Waals surface area contributed by atoms with Crippen molar-refractivity contribution in [1.29, 1.82) is 0 Å². The molecular formula is C12H11N5. The number of hydrogen-bond donors (Lipinski definition) is 2. The predicted molar refractivity (Wildman–Crippen MR) is 67.2 cm³/mol. The van der Waals surface area contributed by atoms with E-state index in [0.29, 0.717) is 11.5 Å². The van der Waals surface area contributed by atoms with Crippen LogP contribution in [0.1, 0.15) is 0 Å². The lowest BCUT2D eigenvalue weighted by molar-refractivity contribution is 0.966. The van der Waals surface area contributed by atoms with E-state index in [2.05, 4.69) is 10.1 Å². The van der Waals surface area contributed by atoms with Gasteiger partial charge in [-0.3, -0.25) is 0 Å². The fraction of sp³-hybridized carbons (Fsp3) is 0. The quantitative estimate of drug-likeness (QED) is 0.616. The maximum absolute atomic E-state index is 5.69. The lowest BCUT2D eigenvalue weighted by Gasteiger charge is -1.94. The molecule has 3 aromatic rings. The number of nitrogens with zero attached hydrogens (tertiary/aromatic N) is 3. The number of nitrogen functional groups attached to an aromatic ring is 2. The summed E-state index contributed by atoms with van der Waals surface area (Å²) in [4.78, 5) is 4.40. The fourth-order valence-corrected chi connectivity index (χ4v) is 1.65. The number of benzene rings is 1. The molecule has 2 aromatic heterocycles. The van der Waals surface area contributed by atoms with Crippen LogP contribution in [-0.4, -0.2) is 14.6 Å². The molecule has 5 nitrogen and oxygen atoms in total. The number of aromatic nitrogens is 3.